The van der Waals surface area contributed by atoms with Crippen LogP contribution in [0, 0.1) is 11.7 Å². The van der Waals surface area contributed by atoms with E-state index in [2.05, 4.69) is 17.2 Å². The minimum Gasteiger partial charge on any atom is -0.326 e. The lowest BCUT2D eigenvalue weighted by Crippen LogP contribution is -2.41. The quantitative estimate of drug-likeness (QED) is 0.873. The standard InChI is InChI=1S/C20H22FN3O2S/c1-12-6-7-15-17(10-12)27-20(22-15)23-19(26)16-8-9-18(25)24(16)11-13-4-2-3-5-14(13)21/h2-5,12,16H,6-11H2,1H3,(H,22,23,26). The van der Waals surface area contributed by atoms with Gasteiger partial charge in [0.1, 0.15) is 11.9 Å². The predicted octanol–water partition coefficient (Wildman–Crippen LogP) is 3.54. The number of thiazole rings is 1. The molecule has 4 rings (SSSR count). The number of rotatable bonds is 4. The zero-order valence-electron chi connectivity index (χ0n) is 15.2. The van der Waals surface area contributed by atoms with Gasteiger partial charge < -0.3 is 10.2 Å². The van der Waals surface area contributed by atoms with Gasteiger partial charge in [0.05, 0.1) is 5.69 Å². The average Bonchev–Trinajstić information content (AvgIpc) is 3.19. The summed E-state index contributed by atoms with van der Waals surface area (Å²) in [5, 5.41) is 3.49. The maximum absolute atomic E-state index is 14.0. The Morgan fingerprint density at radius 2 is 2.15 bits per heavy atom. The number of fused-ring (bicyclic) bond motifs is 1. The Balaban J connectivity index is 1.47. The molecule has 2 aliphatic rings. The Bertz CT molecular complexity index is 882. The van der Waals surface area contributed by atoms with E-state index in [1.165, 1.54) is 27.2 Å². The molecule has 1 aromatic carbocycles. The molecule has 2 unspecified atom stereocenters. The summed E-state index contributed by atoms with van der Waals surface area (Å²) in [6.45, 7) is 2.33. The van der Waals surface area contributed by atoms with Crippen LogP contribution in [-0.4, -0.2) is 27.7 Å². The molecule has 1 fully saturated rings. The molecule has 1 aliphatic heterocycles. The van der Waals surface area contributed by atoms with Gasteiger partial charge in [-0.1, -0.05) is 25.1 Å². The minimum atomic E-state index is -0.586. The molecule has 142 valence electrons. The number of nitrogens with one attached hydrogen (secondary N) is 1. The Hall–Kier alpha value is -2.28. The zero-order chi connectivity index (χ0) is 19.0. The van der Waals surface area contributed by atoms with E-state index in [9.17, 15) is 14.0 Å². The summed E-state index contributed by atoms with van der Waals surface area (Å²) in [6.07, 6.45) is 3.83. The average molecular weight is 387 g/mol. The lowest BCUT2D eigenvalue weighted by molar-refractivity contribution is -0.133. The number of hydrogen-bond donors (Lipinski definition) is 1. The molecule has 5 nitrogen and oxygen atoms in total. The molecule has 1 aliphatic carbocycles. The second-order valence-corrected chi connectivity index (χ2v) is 8.48. The van der Waals surface area contributed by atoms with Gasteiger partial charge in [-0.3, -0.25) is 9.59 Å². The van der Waals surface area contributed by atoms with Crippen LogP contribution >= 0.6 is 11.3 Å². The number of halogens is 1. The normalized spacial score (nSPS) is 22.0. The summed E-state index contributed by atoms with van der Waals surface area (Å²) in [6, 6.07) is 5.77. The van der Waals surface area contributed by atoms with E-state index in [1.807, 2.05) is 0 Å². The molecule has 2 atom stereocenters. The maximum atomic E-state index is 14.0. The van der Waals surface area contributed by atoms with Crippen molar-refractivity contribution < 1.29 is 14.0 Å². The van der Waals surface area contributed by atoms with Crippen molar-refractivity contribution in [2.45, 2.75) is 51.6 Å². The summed E-state index contributed by atoms with van der Waals surface area (Å²) in [5.41, 5.74) is 1.50. The molecule has 0 radical (unpaired) electrons. The van der Waals surface area contributed by atoms with E-state index < -0.39 is 6.04 Å². The number of carbonyl (C=O) groups is 2. The molecule has 2 heterocycles. The first kappa shape index (κ1) is 18.1. The van der Waals surface area contributed by atoms with Crippen molar-refractivity contribution >= 4 is 28.3 Å². The molecule has 7 heteroatoms. The summed E-state index contributed by atoms with van der Waals surface area (Å²) in [4.78, 5) is 32.3. The van der Waals surface area contributed by atoms with Crippen molar-refractivity contribution in [3.63, 3.8) is 0 Å². The van der Waals surface area contributed by atoms with Gasteiger partial charge in [0.25, 0.3) is 0 Å². The lowest BCUT2D eigenvalue weighted by Gasteiger charge is -2.24. The highest BCUT2D eigenvalue weighted by atomic mass is 32.1. The van der Waals surface area contributed by atoms with Crippen LogP contribution in [0.4, 0.5) is 9.52 Å². The zero-order valence-corrected chi connectivity index (χ0v) is 16.0. The number of anilines is 1. The van der Waals surface area contributed by atoms with Crippen LogP contribution in [0.3, 0.4) is 0 Å². The lowest BCUT2D eigenvalue weighted by atomic mass is 9.93. The van der Waals surface area contributed by atoms with E-state index in [4.69, 9.17) is 0 Å². The topological polar surface area (TPSA) is 62.3 Å². The van der Waals surface area contributed by atoms with Gasteiger partial charge in [-0.05, 0) is 37.7 Å². The van der Waals surface area contributed by atoms with E-state index in [0.29, 0.717) is 29.5 Å². The molecule has 2 amide bonds. The second-order valence-electron chi connectivity index (χ2n) is 7.39. The van der Waals surface area contributed by atoms with Crippen LogP contribution in [0.25, 0.3) is 0 Å². The fourth-order valence-electron chi connectivity index (χ4n) is 3.80. The van der Waals surface area contributed by atoms with Crippen molar-refractivity contribution in [1.82, 2.24) is 9.88 Å². The van der Waals surface area contributed by atoms with Crippen LogP contribution in [-0.2, 0) is 29.0 Å². The van der Waals surface area contributed by atoms with Gasteiger partial charge in [0.2, 0.25) is 11.8 Å². The minimum absolute atomic E-state index is 0.107. The summed E-state index contributed by atoms with van der Waals surface area (Å²) in [7, 11) is 0. The summed E-state index contributed by atoms with van der Waals surface area (Å²) in [5.74, 6) is -0.0784. The monoisotopic (exact) mass is 387 g/mol. The highest BCUT2D eigenvalue weighted by Gasteiger charge is 2.36. The smallest absolute Gasteiger partial charge is 0.248 e. The molecule has 1 aromatic heterocycles. The third kappa shape index (κ3) is 3.74. The molecule has 1 N–H and O–H groups in total. The Kier molecular flexibility index (Phi) is 4.95. The largest absolute Gasteiger partial charge is 0.326 e. The molecule has 27 heavy (non-hydrogen) atoms. The van der Waals surface area contributed by atoms with E-state index in [0.717, 1.165) is 25.0 Å². The molecular weight excluding hydrogens is 365 g/mol. The van der Waals surface area contributed by atoms with E-state index in [-0.39, 0.29) is 24.2 Å². The van der Waals surface area contributed by atoms with Crippen molar-refractivity contribution in [2.24, 2.45) is 5.92 Å². The number of aryl methyl sites for hydroxylation is 1. The Labute approximate surface area is 161 Å². The first-order valence-electron chi connectivity index (χ1n) is 9.33. The Morgan fingerprint density at radius 3 is 2.96 bits per heavy atom. The number of likely N-dealkylation sites (tertiary alicyclic amines) is 1. The van der Waals surface area contributed by atoms with Crippen LogP contribution in [0.2, 0.25) is 0 Å². The highest BCUT2D eigenvalue weighted by molar-refractivity contribution is 7.15. The fourth-order valence-corrected chi connectivity index (χ4v) is 4.97. The molecule has 2 aromatic rings. The number of amides is 2. The number of nitrogens with zero attached hydrogens (tertiary/aromatic N) is 2. The Morgan fingerprint density at radius 1 is 1.33 bits per heavy atom. The highest BCUT2D eigenvalue weighted by Crippen LogP contribution is 2.32. The SMILES string of the molecule is CC1CCc2nc(NC(=O)C3CCC(=O)N3Cc3ccccc3F)sc2C1. The second kappa shape index (κ2) is 7.38. The van der Waals surface area contributed by atoms with Crippen LogP contribution < -0.4 is 5.32 Å². The van der Waals surface area contributed by atoms with Crippen molar-refractivity contribution in [2.75, 3.05) is 5.32 Å². The van der Waals surface area contributed by atoms with Gasteiger partial charge in [-0.15, -0.1) is 11.3 Å². The maximum Gasteiger partial charge on any atom is 0.248 e. The molecule has 0 saturated carbocycles. The number of hydrogen-bond acceptors (Lipinski definition) is 4. The van der Waals surface area contributed by atoms with E-state index >= 15 is 0 Å². The third-order valence-corrected chi connectivity index (χ3v) is 6.38. The van der Waals surface area contributed by atoms with Crippen molar-refractivity contribution in [3.8, 4) is 0 Å². The number of benzene rings is 1. The molecular formula is C20H22FN3O2S. The van der Waals surface area contributed by atoms with E-state index in [1.54, 1.807) is 18.2 Å². The van der Waals surface area contributed by atoms with Gasteiger partial charge >= 0.3 is 0 Å². The van der Waals surface area contributed by atoms with Gasteiger partial charge in [-0.25, -0.2) is 9.37 Å². The van der Waals surface area contributed by atoms with Crippen molar-refractivity contribution in [1.29, 1.82) is 0 Å². The van der Waals surface area contributed by atoms with Crippen LogP contribution in [0.15, 0.2) is 24.3 Å². The van der Waals surface area contributed by atoms with Crippen LogP contribution in [0.1, 0.15) is 42.3 Å². The number of carbonyl (C=O) groups excluding carboxylic acids is 2. The van der Waals surface area contributed by atoms with Gasteiger partial charge in [-0.2, -0.15) is 0 Å². The summed E-state index contributed by atoms with van der Waals surface area (Å²) < 4.78 is 14.0. The van der Waals surface area contributed by atoms with Gasteiger partial charge in [0.15, 0.2) is 5.13 Å². The summed E-state index contributed by atoms with van der Waals surface area (Å²) >= 11 is 1.53. The fraction of sp³-hybridized carbons (Fsp3) is 0.450. The molecule has 0 spiro atoms. The van der Waals surface area contributed by atoms with Crippen molar-refractivity contribution in [3.05, 3.63) is 46.2 Å². The molecule has 1 saturated heterocycles. The van der Waals surface area contributed by atoms with Gasteiger partial charge in [0, 0.05) is 23.4 Å². The molecule has 0 bridgehead atoms. The van der Waals surface area contributed by atoms with Crippen LogP contribution in [0.5, 0.6) is 0 Å². The first-order valence-corrected chi connectivity index (χ1v) is 10.1. The predicted molar refractivity (Wildman–Crippen MR) is 102 cm³/mol. The number of aromatic nitrogens is 1. The first-order chi connectivity index (χ1) is 13.0. The third-order valence-electron chi connectivity index (χ3n) is 5.35.